The number of hydrogen-bond donors (Lipinski definition) is 2. The minimum atomic E-state index is -0.525. The van der Waals surface area contributed by atoms with Crippen molar-refractivity contribution in [1.29, 1.82) is 0 Å². The number of nitrogens with two attached hydrogens (primary N) is 1. The summed E-state index contributed by atoms with van der Waals surface area (Å²) in [6.07, 6.45) is 5.37. The van der Waals surface area contributed by atoms with E-state index in [0.717, 1.165) is 38.6 Å². The van der Waals surface area contributed by atoms with Crippen LogP contribution in [0.4, 0.5) is 0 Å². The van der Waals surface area contributed by atoms with Gasteiger partial charge in [-0.25, -0.2) is 0 Å². The monoisotopic (exact) mass is 271 g/mol. The molecule has 0 atom stereocenters. The van der Waals surface area contributed by atoms with E-state index in [9.17, 15) is 9.90 Å². The van der Waals surface area contributed by atoms with E-state index in [0.29, 0.717) is 26.1 Å². The van der Waals surface area contributed by atoms with E-state index in [1.807, 2.05) is 14.1 Å². The quantitative estimate of drug-likeness (QED) is 0.671. The highest BCUT2D eigenvalue weighted by Gasteiger charge is 2.32. The Bertz CT molecular complexity index is 278. The van der Waals surface area contributed by atoms with Gasteiger partial charge in [-0.05, 0) is 32.9 Å². The van der Waals surface area contributed by atoms with Crippen molar-refractivity contribution in [2.45, 2.75) is 44.1 Å². The molecule has 0 bridgehead atoms. The number of nitrogens with zero attached hydrogens (tertiary/aromatic N) is 2. The maximum atomic E-state index is 11.9. The van der Waals surface area contributed by atoms with Crippen molar-refractivity contribution >= 4 is 5.91 Å². The summed E-state index contributed by atoms with van der Waals surface area (Å²) in [5.41, 5.74) is 4.91. The smallest absolute Gasteiger partial charge is 0.223 e. The molecule has 19 heavy (non-hydrogen) atoms. The Morgan fingerprint density at radius 2 is 1.89 bits per heavy atom. The maximum absolute atomic E-state index is 11.9. The van der Waals surface area contributed by atoms with E-state index >= 15 is 0 Å². The number of hydrogen-bond acceptors (Lipinski definition) is 4. The predicted octanol–water partition coefficient (Wildman–Crippen LogP) is 0.421. The van der Waals surface area contributed by atoms with Gasteiger partial charge in [-0.3, -0.25) is 4.79 Å². The number of carbonyl (C=O) groups is 1. The highest BCUT2D eigenvalue weighted by atomic mass is 16.3. The van der Waals surface area contributed by atoms with Gasteiger partial charge in [0.05, 0.1) is 5.60 Å². The Morgan fingerprint density at radius 3 is 2.47 bits per heavy atom. The first-order chi connectivity index (χ1) is 8.97. The molecule has 0 aromatic rings. The molecule has 0 heterocycles. The van der Waals surface area contributed by atoms with Crippen LogP contribution in [0.15, 0.2) is 0 Å². The van der Waals surface area contributed by atoms with Crippen LogP contribution in [0.3, 0.4) is 0 Å². The lowest BCUT2D eigenvalue weighted by atomic mass is 10.0. The van der Waals surface area contributed by atoms with Crippen molar-refractivity contribution in [3.63, 3.8) is 0 Å². The van der Waals surface area contributed by atoms with Crippen molar-refractivity contribution in [1.82, 2.24) is 9.80 Å². The van der Waals surface area contributed by atoms with E-state index in [-0.39, 0.29) is 5.91 Å². The summed E-state index contributed by atoms with van der Waals surface area (Å²) in [4.78, 5) is 15.7. The number of carbonyl (C=O) groups excluding carboxylic acids is 1. The molecule has 0 spiro atoms. The van der Waals surface area contributed by atoms with Gasteiger partial charge >= 0.3 is 0 Å². The summed E-state index contributed by atoms with van der Waals surface area (Å²) in [5, 5.41) is 10.3. The first-order valence-corrected chi connectivity index (χ1v) is 7.32. The van der Waals surface area contributed by atoms with Crippen molar-refractivity contribution in [2.24, 2.45) is 5.73 Å². The first kappa shape index (κ1) is 16.4. The minimum Gasteiger partial charge on any atom is -0.389 e. The van der Waals surface area contributed by atoms with Crippen LogP contribution in [0.25, 0.3) is 0 Å². The third kappa shape index (κ3) is 5.89. The van der Waals surface area contributed by atoms with E-state index in [1.165, 1.54) is 0 Å². The molecule has 1 rings (SSSR count). The van der Waals surface area contributed by atoms with Crippen molar-refractivity contribution in [3.8, 4) is 0 Å². The van der Waals surface area contributed by atoms with E-state index in [2.05, 4.69) is 4.90 Å². The van der Waals surface area contributed by atoms with Crippen LogP contribution in [-0.4, -0.2) is 66.7 Å². The minimum absolute atomic E-state index is 0.152. The maximum Gasteiger partial charge on any atom is 0.223 e. The number of likely N-dealkylation sites (N-methyl/N-ethyl adjacent to an activating group) is 1. The fourth-order valence-electron chi connectivity index (χ4n) is 2.70. The second-order valence-corrected chi connectivity index (χ2v) is 5.88. The van der Waals surface area contributed by atoms with Crippen LogP contribution < -0.4 is 5.73 Å². The van der Waals surface area contributed by atoms with Gasteiger partial charge in [0.2, 0.25) is 5.91 Å². The number of amides is 1. The molecule has 0 aliphatic heterocycles. The molecule has 0 radical (unpaired) electrons. The molecule has 1 saturated carbocycles. The summed E-state index contributed by atoms with van der Waals surface area (Å²) >= 11 is 0. The van der Waals surface area contributed by atoms with Crippen LogP contribution in [-0.2, 0) is 4.79 Å². The van der Waals surface area contributed by atoms with Crippen LogP contribution in [0.1, 0.15) is 38.5 Å². The zero-order valence-electron chi connectivity index (χ0n) is 12.4. The van der Waals surface area contributed by atoms with Gasteiger partial charge in [0, 0.05) is 33.1 Å². The molecule has 0 saturated heterocycles. The number of aliphatic hydroxyl groups is 1. The van der Waals surface area contributed by atoms with Gasteiger partial charge in [-0.1, -0.05) is 12.8 Å². The molecule has 1 aliphatic carbocycles. The molecule has 0 aromatic heterocycles. The highest BCUT2D eigenvalue weighted by molar-refractivity contribution is 5.76. The Morgan fingerprint density at radius 1 is 1.26 bits per heavy atom. The standard InChI is InChI=1S/C14H29N3O2/c1-16(12-14(19)7-3-4-8-14)11-6-13(18)17(2)10-5-9-15/h19H,3-12,15H2,1-2H3. The van der Waals surface area contributed by atoms with Crippen LogP contribution in [0, 0.1) is 0 Å². The molecule has 3 N–H and O–H groups in total. The fourth-order valence-corrected chi connectivity index (χ4v) is 2.70. The Labute approximate surface area is 116 Å². The second-order valence-electron chi connectivity index (χ2n) is 5.88. The van der Waals surface area contributed by atoms with Crippen LogP contribution >= 0.6 is 0 Å². The molecule has 1 fully saturated rings. The van der Waals surface area contributed by atoms with Gasteiger partial charge in [-0.15, -0.1) is 0 Å². The SMILES string of the molecule is CN(CCC(=O)N(C)CCCN)CC1(O)CCCC1. The molecule has 1 aliphatic rings. The van der Waals surface area contributed by atoms with E-state index in [4.69, 9.17) is 5.73 Å². The van der Waals surface area contributed by atoms with Crippen molar-refractivity contribution in [3.05, 3.63) is 0 Å². The molecule has 5 nitrogen and oxygen atoms in total. The van der Waals surface area contributed by atoms with Gasteiger partial charge < -0.3 is 20.6 Å². The number of rotatable bonds is 8. The Hall–Kier alpha value is -0.650. The molecule has 1 amide bonds. The summed E-state index contributed by atoms with van der Waals surface area (Å²) in [6, 6.07) is 0. The summed E-state index contributed by atoms with van der Waals surface area (Å²) in [5.74, 6) is 0.152. The lowest BCUT2D eigenvalue weighted by molar-refractivity contribution is -0.130. The van der Waals surface area contributed by atoms with Crippen molar-refractivity contribution in [2.75, 3.05) is 40.3 Å². The lowest BCUT2D eigenvalue weighted by Crippen LogP contribution is -2.40. The van der Waals surface area contributed by atoms with Crippen LogP contribution in [0.2, 0.25) is 0 Å². The topological polar surface area (TPSA) is 69.8 Å². The average molecular weight is 271 g/mol. The fraction of sp³-hybridized carbons (Fsp3) is 0.929. The Balaban J connectivity index is 2.21. The van der Waals surface area contributed by atoms with Gasteiger partial charge in [0.1, 0.15) is 0 Å². The van der Waals surface area contributed by atoms with Gasteiger partial charge in [0.15, 0.2) is 0 Å². The van der Waals surface area contributed by atoms with Gasteiger partial charge in [-0.2, -0.15) is 0 Å². The third-order valence-electron chi connectivity index (χ3n) is 3.93. The van der Waals surface area contributed by atoms with E-state index in [1.54, 1.807) is 4.90 Å². The average Bonchev–Trinajstić information content (AvgIpc) is 2.79. The molecule has 5 heteroatoms. The molecule has 112 valence electrons. The third-order valence-corrected chi connectivity index (χ3v) is 3.93. The predicted molar refractivity (Wildman–Crippen MR) is 76.8 cm³/mol. The first-order valence-electron chi connectivity index (χ1n) is 7.32. The lowest BCUT2D eigenvalue weighted by Gasteiger charge is -2.28. The molecule has 0 aromatic carbocycles. The van der Waals surface area contributed by atoms with E-state index < -0.39 is 5.60 Å². The normalized spacial score (nSPS) is 17.9. The van der Waals surface area contributed by atoms with Crippen molar-refractivity contribution < 1.29 is 9.90 Å². The largest absolute Gasteiger partial charge is 0.389 e. The molecular formula is C14H29N3O2. The second kappa shape index (κ2) is 7.82. The highest BCUT2D eigenvalue weighted by Crippen LogP contribution is 2.29. The summed E-state index contributed by atoms with van der Waals surface area (Å²) < 4.78 is 0. The van der Waals surface area contributed by atoms with Gasteiger partial charge in [0.25, 0.3) is 0 Å². The summed E-state index contributed by atoms with van der Waals surface area (Å²) in [6.45, 7) is 2.72. The zero-order valence-corrected chi connectivity index (χ0v) is 12.4. The summed E-state index contributed by atoms with van der Waals surface area (Å²) in [7, 11) is 3.80. The zero-order chi connectivity index (χ0) is 14.3. The Kier molecular flexibility index (Phi) is 6.75. The van der Waals surface area contributed by atoms with Crippen LogP contribution in [0.5, 0.6) is 0 Å². The molecular weight excluding hydrogens is 242 g/mol. The molecule has 0 unspecified atom stereocenters.